The molecule has 2 N–H and O–H groups in total. The first-order valence-electron chi connectivity index (χ1n) is 7.03. The molecule has 8 nitrogen and oxygen atoms in total. The SMILES string of the molecule is CCOC(=O)C(CS)NC(=O)CC(=O)NC(CS)C(=O)OCC. The molecule has 0 fully saturated rings. The van der Waals surface area contributed by atoms with Crippen molar-refractivity contribution < 1.29 is 28.7 Å². The lowest BCUT2D eigenvalue weighted by molar-refractivity contribution is -0.147. The van der Waals surface area contributed by atoms with Gasteiger partial charge in [0.25, 0.3) is 0 Å². The van der Waals surface area contributed by atoms with Crippen molar-refractivity contribution in [1.29, 1.82) is 0 Å². The van der Waals surface area contributed by atoms with Crippen molar-refractivity contribution in [2.45, 2.75) is 32.4 Å². The van der Waals surface area contributed by atoms with Crippen LogP contribution in [0, 0.1) is 0 Å². The van der Waals surface area contributed by atoms with Crippen LogP contribution in [0.1, 0.15) is 20.3 Å². The summed E-state index contributed by atoms with van der Waals surface area (Å²) in [5, 5.41) is 4.68. The Hall–Kier alpha value is -1.42. The number of carbonyl (C=O) groups excluding carboxylic acids is 4. The molecule has 0 aromatic heterocycles. The van der Waals surface area contributed by atoms with E-state index in [0.29, 0.717) is 0 Å². The molecule has 0 aromatic rings. The Balaban J connectivity index is 4.45. The third-order valence-electron chi connectivity index (χ3n) is 2.50. The number of hydrogen-bond donors (Lipinski definition) is 4. The summed E-state index contributed by atoms with van der Waals surface area (Å²) in [5.74, 6) is -2.55. The fourth-order valence-corrected chi connectivity index (χ4v) is 1.96. The molecule has 0 radical (unpaired) electrons. The summed E-state index contributed by atoms with van der Waals surface area (Å²) in [4.78, 5) is 46.5. The lowest BCUT2D eigenvalue weighted by Crippen LogP contribution is -2.47. The van der Waals surface area contributed by atoms with E-state index in [1.165, 1.54) is 0 Å². The molecular formula is C13H22N2O6S2. The van der Waals surface area contributed by atoms with E-state index >= 15 is 0 Å². The molecule has 2 unspecified atom stereocenters. The van der Waals surface area contributed by atoms with Gasteiger partial charge >= 0.3 is 11.9 Å². The van der Waals surface area contributed by atoms with Crippen molar-refractivity contribution >= 4 is 49.0 Å². The summed E-state index contributed by atoms with van der Waals surface area (Å²) in [6, 6.07) is -1.88. The monoisotopic (exact) mass is 366 g/mol. The molecule has 0 aliphatic heterocycles. The molecule has 0 aromatic carbocycles. The summed E-state index contributed by atoms with van der Waals surface area (Å²) in [6.45, 7) is 3.61. The van der Waals surface area contributed by atoms with Crippen LogP contribution in [0.2, 0.25) is 0 Å². The average molecular weight is 366 g/mol. The highest BCUT2D eigenvalue weighted by Crippen LogP contribution is 1.97. The van der Waals surface area contributed by atoms with Gasteiger partial charge in [-0.15, -0.1) is 0 Å². The van der Waals surface area contributed by atoms with Gasteiger partial charge in [-0.2, -0.15) is 25.3 Å². The first-order chi connectivity index (χ1) is 10.9. The highest BCUT2D eigenvalue weighted by Gasteiger charge is 2.24. The van der Waals surface area contributed by atoms with Crippen LogP contribution in [0.5, 0.6) is 0 Å². The Morgan fingerprint density at radius 1 is 0.826 bits per heavy atom. The molecule has 0 aliphatic rings. The summed E-state index contributed by atoms with van der Waals surface area (Å²) in [6.07, 6.45) is -0.548. The van der Waals surface area contributed by atoms with Gasteiger partial charge in [0.1, 0.15) is 18.5 Å². The van der Waals surface area contributed by atoms with E-state index in [1.807, 2.05) is 0 Å². The fraction of sp³-hybridized carbons (Fsp3) is 0.692. The van der Waals surface area contributed by atoms with Crippen LogP contribution in [0.3, 0.4) is 0 Å². The second-order valence-electron chi connectivity index (χ2n) is 4.29. The van der Waals surface area contributed by atoms with Gasteiger partial charge in [0.2, 0.25) is 11.8 Å². The zero-order chi connectivity index (χ0) is 17.8. The third-order valence-corrected chi connectivity index (χ3v) is 3.23. The zero-order valence-corrected chi connectivity index (χ0v) is 14.8. The smallest absolute Gasteiger partial charge is 0.329 e. The Kier molecular flexibility index (Phi) is 11.3. The molecule has 0 heterocycles. The van der Waals surface area contributed by atoms with Gasteiger partial charge in [-0.1, -0.05) is 0 Å². The minimum atomic E-state index is -0.940. The highest BCUT2D eigenvalue weighted by molar-refractivity contribution is 7.80. The van der Waals surface area contributed by atoms with Crippen molar-refractivity contribution in [2.75, 3.05) is 24.7 Å². The number of esters is 2. The van der Waals surface area contributed by atoms with Gasteiger partial charge in [0, 0.05) is 11.5 Å². The third kappa shape index (κ3) is 8.70. The van der Waals surface area contributed by atoms with Crippen LogP contribution in [0.15, 0.2) is 0 Å². The van der Waals surface area contributed by atoms with Crippen LogP contribution in [-0.4, -0.2) is 60.6 Å². The van der Waals surface area contributed by atoms with Crippen LogP contribution in [0.4, 0.5) is 0 Å². The van der Waals surface area contributed by atoms with Gasteiger partial charge in [0.05, 0.1) is 13.2 Å². The average Bonchev–Trinajstić information content (AvgIpc) is 2.50. The van der Waals surface area contributed by atoms with Crippen molar-refractivity contribution in [1.82, 2.24) is 10.6 Å². The topological polar surface area (TPSA) is 111 Å². The summed E-state index contributed by atoms with van der Waals surface area (Å²) in [7, 11) is 0. The number of carbonyl (C=O) groups is 4. The maximum absolute atomic E-state index is 11.7. The molecular weight excluding hydrogens is 344 g/mol. The number of thiol groups is 2. The molecule has 0 spiro atoms. The molecule has 0 aliphatic carbocycles. The molecule has 132 valence electrons. The van der Waals surface area contributed by atoms with Gasteiger partial charge in [-0.05, 0) is 13.8 Å². The van der Waals surface area contributed by atoms with Gasteiger partial charge < -0.3 is 20.1 Å². The lowest BCUT2D eigenvalue weighted by Gasteiger charge is -2.17. The predicted molar refractivity (Wildman–Crippen MR) is 89.5 cm³/mol. The van der Waals surface area contributed by atoms with E-state index in [0.717, 1.165) is 0 Å². The molecule has 0 saturated carbocycles. The molecule has 0 rings (SSSR count). The van der Waals surface area contributed by atoms with E-state index in [2.05, 4.69) is 35.9 Å². The summed E-state index contributed by atoms with van der Waals surface area (Å²) in [5.41, 5.74) is 0. The van der Waals surface area contributed by atoms with Crippen molar-refractivity contribution in [3.05, 3.63) is 0 Å². The van der Waals surface area contributed by atoms with E-state index in [4.69, 9.17) is 9.47 Å². The number of hydrogen-bond acceptors (Lipinski definition) is 8. The molecule has 2 atom stereocenters. The van der Waals surface area contributed by atoms with Crippen molar-refractivity contribution in [3.8, 4) is 0 Å². The van der Waals surface area contributed by atoms with Gasteiger partial charge in [0.15, 0.2) is 0 Å². The maximum Gasteiger partial charge on any atom is 0.329 e. The Morgan fingerprint density at radius 2 is 1.17 bits per heavy atom. The van der Waals surface area contributed by atoms with Crippen LogP contribution in [-0.2, 0) is 28.7 Å². The predicted octanol–water partition coefficient (Wildman–Crippen LogP) is -0.668. The molecule has 0 bridgehead atoms. The van der Waals surface area contributed by atoms with Gasteiger partial charge in [-0.3, -0.25) is 9.59 Å². The van der Waals surface area contributed by atoms with E-state index in [9.17, 15) is 19.2 Å². The number of amides is 2. The van der Waals surface area contributed by atoms with Crippen LogP contribution < -0.4 is 10.6 Å². The Labute approximate surface area is 145 Å². The number of nitrogens with one attached hydrogen (secondary N) is 2. The largest absolute Gasteiger partial charge is 0.464 e. The van der Waals surface area contributed by atoms with Gasteiger partial charge in [-0.25, -0.2) is 9.59 Å². The normalized spacial score (nSPS) is 12.7. The molecule has 23 heavy (non-hydrogen) atoms. The minimum absolute atomic E-state index is 0.0360. The summed E-state index contributed by atoms with van der Waals surface area (Å²) >= 11 is 7.89. The van der Waals surface area contributed by atoms with Crippen molar-refractivity contribution in [2.24, 2.45) is 0 Å². The second-order valence-corrected chi connectivity index (χ2v) is 5.02. The molecule has 10 heteroatoms. The standard InChI is InChI=1S/C13H22N2O6S2/c1-3-20-12(18)8(6-22)14-10(16)5-11(17)15-9(7-23)13(19)21-4-2/h8-9,22-23H,3-7H2,1-2H3,(H,14,16)(H,15,17). The van der Waals surface area contributed by atoms with Crippen LogP contribution in [0.25, 0.3) is 0 Å². The van der Waals surface area contributed by atoms with E-state index < -0.39 is 42.3 Å². The molecule has 0 saturated heterocycles. The molecule has 2 amide bonds. The first kappa shape index (κ1) is 21.6. The Bertz CT molecular complexity index is 395. The van der Waals surface area contributed by atoms with E-state index in [1.54, 1.807) is 13.8 Å². The highest BCUT2D eigenvalue weighted by atomic mass is 32.1. The van der Waals surface area contributed by atoms with Crippen molar-refractivity contribution in [3.63, 3.8) is 0 Å². The zero-order valence-electron chi connectivity index (χ0n) is 13.0. The second kappa shape index (κ2) is 12.1. The van der Waals surface area contributed by atoms with Crippen LogP contribution >= 0.6 is 25.3 Å². The number of rotatable bonds is 10. The fourth-order valence-electron chi connectivity index (χ4n) is 1.48. The minimum Gasteiger partial charge on any atom is -0.464 e. The lowest BCUT2D eigenvalue weighted by atomic mass is 10.2. The quantitative estimate of drug-likeness (QED) is 0.232. The van der Waals surface area contributed by atoms with E-state index in [-0.39, 0.29) is 24.7 Å². The summed E-state index contributed by atoms with van der Waals surface area (Å²) < 4.78 is 9.53. The maximum atomic E-state index is 11.7. The first-order valence-corrected chi connectivity index (χ1v) is 8.29. The Morgan fingerprint density at radius 3 is 1.43 bits per heavy atom. The number of ether oxygens (including phenoxy) is 2.